The maximum Gasteiger partial charge on any atom is 0.273 e. The van der Waals surface area contributed by atoms with E-state index in [-0.39, 0.29) is 5.56 Å². The van der Waals surface area contributed by atoms with E-state index < -0.39 is 0 Å². The van der Waals surface area contributed by atoms with Gasteiger partial charge in [0.15, 0.2) is 0 Å². The molecule has 0 bridgehead atoms. The highest BCUT2D eigenvalue weighted by molar-refractivity contribution is 7.71. The number of hydrogen-bond donors (Lipinski definition) is 1. The Balaban J connectivity index is 3.13. The van der Waals surface area contributed by atoms with Crippen LogP contribution in [0, 0.1) is 4.77 Å². The van der Waals surface area contributed by atoms with Gasteiger partial charge >= 0.3 is 0 Å². The Morgan fingerprint density at radius 1 is 1.67 bits per heavy atom. The van der Waals surface area contributed by atoms with E-state index >= 15 is 0 Å². The summed E-state index contributed by atoms with van der Waals surface area (Å²) in [6, 6.07) is 0. The standard InChI is InChI=1S/C5H5N5OS/c1-9-3(11)2-6-10-4(9)7-8-5(10)12/h2H,1H3,(H,8,12). The van der Waals surface area contributed by atoms with Gasteiger partial charge < -0.3 is 0 Å². The molecule has 0 aliphatic heterocycles. The van der Waals surface area contributed by atoms with Gasteiger partial charge in [-0.3, -0.25) is 9.36 Å². The summed E-state index contributed by atoms with van der Waals surface area (Å²) in [7, 11) is 1.61. The summed E-state index contributed by atoms with van der Waals surface area (Å²) in [4.78, 5) is 11.0. The number of aromatic amines is 1. The fraction of sp³-hybridized carbons (Fsp3) is 0.200. The van der Waals surface area contributed by atoms with Crippen LogP contribution in [0.4, 0.5) is 0 Å². The summed E-state index contributed by atoms with van der Waals surface area (Å²) in [6.45, 7) is 0. The van der Waals surface area contributed by atoms with Crippen LogP contribution in [0.5, 0.6) is 0 Å². The SMILES string of the molecule is Cn1c(=O)cnn2c(=S)[nH]nc12. The Morgan fingerprint density at radius 2 is 2.42 bits per heavy atom. The predicted octanol–water partition coefficient (Wildman–Crippen LogP) is -0.514. The smallest absolute Gasteiger partial charge is 0.273 e. The van der Waals surface area contributed by atoms with Crippen molar-refractivity contribution in [3.63, 3.8) is 0 Å². The van der Waals surface area contributed by atoms with E-state index in [4.69, 9.17) is 12.2 Å². The van der Waals surface area contributed by atoms with Crippen molar-refractivity contribution in [2.75, 3.05) is 0 Å². The zero-order valence-electron chi connectivity index (χ0n) is 6.18. The Hall–Kier alpha value is -1.50. The highest BCUT2D eigenvalue weighted by Crippen LogP contribution is 1.90. The number of H-pyrrole nitrogens is 1. The van der Waals surface area contributed by atoms with Crippen LogP contribution >= 0.6 is 12.2 Å². The van der Waals surface area contributed by atoms with Gasteiger partial charge in [-0.15, -0.1) is 5.10 Å². The first-order valence-electron chi connectivity index (χ1n) is 3.19. The van der Waals surface area contributed by atoms with Crippen LogP contribution in [0.1, 0.15) is 0 Å². The average Bonchev–Trinajstić information content (AvgIpc) is 2.41. The number of hydrogen-bond acceptors (Lipinski definition) is 4. The topological polar surface area (TPSA) is 68.0 Å². The third-order valence-electron chi connectivity index (χ3n) is 1.55. The predicted molar refractivity (Wildman–Crippen MR) is 43.4 cm³/mol. The molecule has 0 aliphatic carbocycles. The van der Waals surface area contributed by atoms with Crippen molar-refractivity contribution >= 4 is 18.0 Å². The molecular formula is C5H5N5OS. The van der Waals surface area contributed by atoms with Crippen LogP contribution in [0.25, 0.3) is 5.78 Å². The summed E-state index contributed by atoms with van der Waals surface area (Å²) >= 11 is 4.86. The molecular weight excluding hydrogens is 178 g/mol. The second-order valence-electron chi connectivity index (χ2n) is 2.28. The molecule has 0 saturated heterocycles. The second kappa shape index (κ2) is 2.24. The monoisotopic (exact) mass is 183 g/mol. The molecule has 0 spiro atoms. The number of rotatable bonds is 0. The van der Waals surface area contributed by atoms with E-state index in [1.165, 1.54) is 15.3 Å². The lowest BCUT2D eigenvalue weighted by atomic mass is 10.8. The second-order valence-corrected chi connectivity index (χ2v) is 2.67. The van der Waals surface area contributed by atoms with Crippen LogP contribution in [-0.4, -0.2) is 24.4 Å². The van der Waals surface area contributed by atoms with E-state index in [9.17, 15) is 4.79 Å². The van der Waals surface area contributed by atoms with Crippen molar-refractivity contribution in [2.45, 2.75) is 0 Å². The molecule has 12 heavy (non-hydrogen) atoms. The number of aryl methyl sites for hydroxylation is 1. The van der Waals surface area contributed by atoms with Gasteiger partial charge in [-0.25, -0.2) is 5.10 Å². The van der Waals surface area contributed by atoms with Gasteiger partial charge in [0.25, 0.3) is 11.3 Å². The van der Waals surface area contributed by atoms with Crippen molar-refractivity contribution in [1.82, 2.24) is 24.4 Å². The van der Waals surface area contributed by atoms with Gasteiger partial charge in [0.1, 0.15) is 6.20 Å². The molecule has 2 aromatic rings. The lowest BCUT2D eigenvalue weighted by Crippen LogP contribution is -2.19. The van der Waals surface area contributed by atoms with Gasteiger partial charge in [0.05, 0.1) is 0 Å². The first-order chi connectivity index (χ1) is 5.70. The molecule has 0 fully saturated rings. The molecule has 0 amide bonds. The lowest BCUT2D eigenvalue weighted by molar-refractivity contribution is 0.772. The summed E-state index contributed by atoms with van der Waals surface area (Å²) in [5.74, 6) is 0.410. The van der Waals surface area contributed by atoms with Gasteiger partial charge in [-0.2, -0.15) is 9.61 Å². The van der Waals surface area contributed by atoms with Crippen molar-refractivity contribution in [1.29, 1.82) is 0 Å². The lowest BCUT2D eigenvalue weighted by Gasteiger charge is -1.95. The van der Waals surface area contributed by atoms with Crippen molar-refractivity contribution in [2.24, 2.45) is 7.05 Å². The molecule has 0 unspecified atom stereocenters. The fourth-order valence-electron chi connectivity index (χ4n) is 0.897. The fourth-order valence-corrected chi connectivity index (χ4v) is 1.07. The summed E-state index contributed by atoms with van der Waals surface area (Å²) < 4.78 is 3.12. The van der Waals surface area contributed by atoms with Crippen LogP contribution in [0.15, 0.2) is 11.0 Å². The summed E-state index contributed by atoms with van der Waals surface area (Å²) in [5, 5.41) is 10.1. The largest absolute Gasteiger partial charge is 0.277 e. The van der Waals surface area contributed by atoms with Crippen molar-refractivity contribution < 1.29 is 0 Å². The highest BCUT2D eigenvalue weighted by atomic mass is 32.1. The third kappa shape index (κ3) is 0.797. The highest BCUT2D eigenvalue weighted by Gasteiger charge is 2.01. The molecule has 0 atom stereocenters. The molecule has 0 radical (unpaired) electrons. The molecule has 0 aromatic carbocycles. The van der Waals surface area contributed by atoms with Crippen LogP contribution in [0.3, 0.4) is 0 Å². The first-order valence-corrected chi connectivity index (χ1v) is 3.60. The van der Waals surface area contributed by atoms with E-state index in [2.05, 4.69) is 15.3 Å². The molecule has 1 N–H and O–H groups in total. The summed E-state index contributed by atoms with van der Waals surface area (Å²) in [6.07, 6.45) is 1.19. The van der Waals surface area contributed by atoms with Crippen molar-refractivity contribution in [3.05, 3.63) is 21.3 Å². The van der Waals surface area contributed by atoms with Gasteiger partial charge in [0, 0.05) is 7.05 Å². The van der Waals surface area contributed by atoms with Gasteiger partial charge in [0.2, 0.25) is 4.77 Å². The van der Waals surface area contributed by atoms with Gasteiger partial charge in [-0.1, -0.05) is 0 Å². The zero-order chi connectivity index (χ0) is 8.72. The van der Waals surface area contributed by atoms with E-state index in [0.29, 0.717) is 10.5 Å². The zero-order valence-corrected chi connectivity index (χ0v) is 7.00. The number of fused-ring (bicyclic) bond motifs is 1. The van der Waals surface area contributed by atoms with E-state index in [1.807, 2.05) is 0 Å². The molecule has 2 rings (SSSR count). The molecule has 2 heterocycles. The number of nitrogens with zero attached hydrogens (tertiary/aromatic N) is 4. The van der Waals surface area contributed by atoms with Gasteiger partial charge in [-0.05, 0) is 12.2 Å². The Morgan fingerprint density at radius 3 is 3.17 bits per heavy atom. The molecule has 0 saturated carbocycles. The quantitative estimate of drug-likeness (QED) is 0.558. The van der Waals surface area contributed by atoms with Crippen LogP contribution in [-0.2, 0) is 7.05 Å². The molecule has 6 nitrogen and oxygen atoms in total. The van der Waals surface area contributed by atoms with Crippen LogP contribution < -0.4 is 5.56 Å². The van der Waals surface area contributed by atoms with E-state index in [1.54, 1.807) is 7.05 Å². The van der Waals surface area contributed by atoms with Crippen molar-refractivity contribution in [3.8, 4) is 0 Å². The Bertz CT molecular complexity index is 534. The minimum Gasteiger partial charge on any atom is -0.277 e. The first kappa shape index (κ1) is 7.17. The summed E-state index contributed by atoms with van der Waals surface area (Å²) in [5.41, 5.74) is -0.212. The molecule has 0 aliphatic rings. The van der Waals surface area contributed by atoms with Crippen LogP contribution in [0.2, 0.25) is 0 Å². The number of nitrogens with one attached hydrogen (secondary N) is 1. The minimum atomic E-state index is -0.212. The normalized spacial score (nSPS) is 10.8. The molecule has 2 aromatic heterocycles. The molecule has 62 valence electrons. The average molecular weight is 183 g/mol. The third-order valence-corrected chi connectivity index (χ3v) is 1.81. The minimum absolute atomic E-state index is 0.212. The maximum atomic E-state index is 11.0. The molecule has 7 heteroatoms. The Kier molecular flexibility index (Phi) is 1.34. The Labute approximate surface area is 71.5 Å². The maximum absolute atomic E-state index is 11.0. The van der Waals surface area contributed by atoms with E-state index in [0.717, 1.165) is 0 Å². The number of aromatic nitrogens is 5.